The monoisotopic (exact) mass is 420 g/mol. The van der Waals surface area contributed by atoms with Crippen LogP contribution in [0.15, 0.2) is 36.4 Å². The summed E-state index contributed by atoms with van der Waals surface area (Å²) in [5, 5.41) is 0. The third kappa shape index (κ3) is 5.60. The van der Waals surface area contributed by atoms with Crippen LogP contribution in [0.1, 0.15) is 118 Å². The minimum absolute atomic E-state index is 0.0404. The van der Waals surface area contributed by atoms with Crippen molar-refractivity contribution in [2.24, 2.45) is 5.92 Å². The molecule has 0 aromatic heterocycles. The molecule has 0 saturated heterocycles. The topological polar surface area (TPSA) is 0 Å². The third-order valence-electron chi connectivity index (χ3n) is 8.04. The molecule has 1 saturated carbocycles. The highest BCUT2D eigenvalue weighted by atomic mass is 19.1. The lowest BCUT2D eigenvalue weighted by molar-refractivity contribution is 0.302. The second-order valence-corrected chi connectivity index (χ2v) is 10.3. The first kappa shape index (κ1) is 22.6. The molecule has 2 aromatic carbocycles. The van der Waals surface area contributed by atoms with Gasteiger partial charge in [-0.1, -0.05) is 76.3 Å². The molecule has 0 amide bonds. The van der Waals surface area contributed by atoms with Crippen LogP contribution in [0.2, 0.25) is 0 Å². The molecule has 4 rings (SSSR count). The molecule has 2 aromatic rings. The average Bonchev–Trinajstić information content (AvgIpc) is 2.79. The molecular formula is C30H41F. The molecule has 0 heterocycles. The van der Waals surface area contributed by atoms with Gasteiger partial charge in [-0.3, -0.25) is 0 Å². The molecule has 0 radical (unpaired) electrons. The summed E-state index contributed by atoms with van der Waals surface area (Å²) < 4.78 is 15.2. The van der Waals surface area contributed by atoms with E-state index < -0.39 is 0 Å². The zero-order chi connectivity index (χ0) is 21.6. The quantitative estimate of drug-likeness (QED) is 0.374. The van der Waals surface area contributed by atoms with Crippen LogP contribution in [-0.4, -0.2) is 0 Å². The van der Waals surface area contributed by atoms with Gasteiger partial charge in [0.1, 0.15) is 5.82 Å². The fraction of sp³-hybridized carbons (Fsp3) is 0.600. The molecular weight excluding hydrogens is 379 g/mol. The Hall–Kier alpha value is -1.63. The van der Waals surface area contributed by atoms with Crippen molar-refractivity contribution in [2.45, 2.75) is 109 Å². The highest BCUT2D eigenvalue weighted by Crippen LogP contribution is 2.40. The van der Waals surface area contributed by atoms with E-state index in [1.165, 1.54) is 80.0 Å². The van der Waals surface area contributed by atoms with Crippen molar-refractivity contribution in [3.8, 4) is 0 Å². The van der Waals surface area contributed by atoms with Gasteiger partial charge in [-0.15, -0.1) is 0 Å². The molecule has 31 heavy (non-hydrogen) atoms. The largest absolute Gasteiger partial charge is 0.207 e. The van der Waals surface area contributed by atoms with Gasteiger partial charge in [0.15, 0.2) is 0 Å². The van der Waals surface area contributed by atoms with Crippen LogP contribution in [0, 0.1) is 11.7 Å². The van der Waals surface area contributed by atoms with Gasteiger partial charge in [0.2, 0.25) is 0 Å². The van der Waals surface area contributed by atoms with Crippen molar-refractivity contribution in [1.29, 1.82) is 0 Å². The Balaban J connectivity index is 1.37. The fourth-order valence-corrected chi connectivity index (χ4v) is 6.11. The van der Waals surface area contributed by atoms with E-state index in [9.17, 15) is 0 Å². The van der Waals surface area contributed by atoms with Crippen LogP contribution in [0.5, 0.6) is 0 Å². The first-order valence-electron chi connectivity index (χ1n) is 13.1. The van der Waals surface area contributed by atoms with Crippen LogP contribution in [0.4, 0.5) is 4.39 Å². The molecule has 0 N–H and O–H groups in total. The smallest absolute Gasteiger partial charge is 0.126 e. The van der Waals surface area contributed by atoms with Gasteiger partial charge < -0.3 is 0 Å². The number of rotatable bonds is 8. The maximum absolute atomic E-state index is 15.2. The summed E-state index contributed by atoms with van der Waals surface area (Å²) >= 11 is 0. The Morgan fingerprint density at radius 2 is 1.65 bits per heavy atom. The molecule has 2 aliphatic rings. The van der Waals surface area contributed by atoms with Gasteiger partial charge in [-0.25, -0.2) is 4.39 Å². The highest BCUT2D eigenvalue weighted by Gasteiger charge is 2.26. The van der Waals surface area contributed by atoms with Crippen molar-refractivity contribution in [1.82, 2.24) is 0 Å². The Bertz CT molecular complexity index is 843. The maximum atomic E-state index is 15.2. The second kappa shape index (κ2) is 10.8. The minimum Gasteiger partial charge on any atom is -0.207 e. The van der Waals surface area contributed by atoms with Crippen molar-refractivity contribution < 1.29 is 4.39 Å². The highest BCUT2D eigenvalue weighted by molar-refractivity contribution is 5.38. The Morgan fingerprint density at radius 1 is 0.806 bits per heavy atom. The average molecular weight is 421 g/mol. The van der Waals surface area contributed by atoms with Gasteiger partial charge in [-0.2, -0.15) is 0 Å². The fourth-order valence-electron chi connectivity index (χ4n) is 6.11. The predicted octanol–water partition coefficient (Wildman–Crippen LogP) is 8.90. The summed E-state index contributed by atoms with van der Waals surface area (Å²) in [5.74, 6) is 1.84. The van der Waals surface area contributed by atoms with E-state index in [1.54, 1.807) is 0 Å². The number of halogens is 1. The van der Waals surface area contributed by atoms with Gasteiger partial charge in [0.25, 0.3) is 0 Å². The molecule has 168 valence electrons. The summed E-state index contributed by atoms with van der Waals surface area (Å²) in [6, 6.07) is 13.2. The van der Waals surface area contributed by atoms with E-state index in [0.29, 0.717) is 11.8 Å². The zero-order valence-electron chi connectivity index (χ0n) is 19.8. The summed E-state index contributed by atoms with van der Waals surface area (Å²) in [6.45, 7) is 4.52. The summed E-state index contributed by atoms with van der Waals surface area (Å²) in [7, 11) is 0. The second-order valence-electron chi connectivity index (χ2n) is 10.3. The van der Waals surface area contributed by atoms with E-state index >= 15 is 4.39 Å². The lowest BCUT2D eigenvalue weighted by Gasteiger charge is -2.30. The molecule has 1 heteroatoms. The lowest BCUT2D eigenvalue weighted by Crippen LogP contribution is -2.16. The lowest BCUT2D eigenvalue weighted by atomic mass is 9.76. The summed E-state index contributed by atoms with van der Waals surface area (Å²) in [4.78, 5) is 0. The van der Waals surface area contributed by atoms with Crippen LogP contribution in [0.3, 0.4) is 0 Å². The van der Waals surface area contributed by atoms with Crippen molar-refractivity contribution in [3.63, 3.8) is 0 Å². The van der Waals surface area contributed by atoms with E-state index in [4.69, 9.17) is 0 Å². The van der Waals surface area contributed by atoms with E-state index in [0.717, 1.165) is 37.2 Å². The van der Waals surface area contributed by atoms with E-state index in [2.05, 4.69) is 44.2 Å². The predicted molar refractivity (Wildman–Crippen MR) is 130 cm³/mol. The Labute approximate surface area is 189 Å². The summed E-state index contributed by atoms with van der Waals surface area (Å²) in [6.07, 6.45) is 16.1. The molecule has 2 aliphatic carbocycles. The van der Waals surface area contributed by atoms with Crippen molar-refractivity contribution >= 4 is 0 Å². The Kier molecular flexibility index (Phi) is 7.86. The molecule has 1 fully saturated rings. The number of hydrogen-bond acceptors (Lipinski definition) is 0. The summed E-state index contributed by atoms with van der Waals surface area (Å²) in [5.41, 5.74) is 6.57. The number of aryl methyl sites for hydroxylation is 2. The van der Waals surface area contributed by atoms with Gasteiger partial charge >= 0.3 is 0 Å². The SMILES string of the molecule is CCCCCC1CCC(c2ccc(C3CCc4cc(CCC)ccc4C3)c(F)c2)CC1. The minimum atomic E-state index is 0.0404. The number of benzene rings is 2. The Morgan fingerprint density at radius 3 is 2.39 bits per heavy atom. The van der Waals surface area contributed by atoms with Gasteiger partial charge in [0.05, 0.1) is 0 Å². The van der Waals surface area contributed by atoms with E-state index in [-0.39, 0.29) is 5.82 Å². The number of fused-ring (bicyclic) bond motifs is 1. The first-order valence-corrected chi connectivity index (χ1v) is 13.1. The zero-order valence-corrected chi connectivity index (χ0v) is 19.8. The van der Waals surface area contributed by atoms with Crippen LogP contribution in [0.25, 0.3) is 0 Å². The maximum Gasteiger partial charge on any atom is 0.126 e. The molecule has 1 unspecified atom stereocenters. The molecule has 0 bridgehead atoms. The first-order chi connectivity index (χ1) is 15.2. The molecule has 0 spiro atoms. The van der Waals surface area contributed by atoms with Crippen LogP contribution in [-0.2, 0) is 19.3 Å². The van der Waals surface area contributed by atoms with Gasteiger partial charge in [0, 0.05) is 0 Å². The van der Waals surface area contributed by atoms with Gasteiger partial charge in [-0.05, 0) is 103 Å². The number of hydrogen-bond donors (Lipinski definition) is 0. The van der Waals surface area contributed by atoms with Crippen molar-refractivity contribution in [3.05, 3.63) is 70.0 Å². The molecule has 0 aliphatic heterocycles. The van der Waals surface area contributed by atoms with Crippen LogP contribution >= 0.6 is 0 Å². The molecule has 1 atom stereocenters. The van der Waals surface area contributed by atoms with E-state index in [1.807, 2.05) is 6.07 Å². The van der Waals surface area contributed by atoms with Crippen LogP contribution < -0.4 is 0 Å². The molecule has 0 nitrogen and oxygen atoms in total. The number of unbranched alkanes of at least 4 members (excludes halogenated alkanes) is 2. The third-order valence-corrected chi connectivity index (χ3v) is 8.04. The normalized spacial score (nSPS) is 23.5. The standard InChI is InChI=1S/C30H41F/c1-3-5-6-8-22-9-12-24(13-10-22)27-17-18-29(30(31)21-27)28-16-15-25-19-23(7-4-2)11-14-26(25)20-28/h11,14,17-19,21-22,24,28H,3-10,12-13,15-16,20H2,1-2H3. The van der Waals surface area contributed by atoms with Crippen molar-refractivity contribution in [2.75, 3.05) is 0 Å².